The summed E-state index contributed by atoms with van der Waals surface area (Å²) in [5.74, 6) is 0.379. The Labute approximate surface area is 135 Å². The van der Waals surface area contributed by atoms with Crippen LogP contribution in [0.4, 0.5) is 5.82 Å². The molecule has 1 aromatic heterocycles. The van der Waals surface area contributed by atoms with Crippen molar-refractivity contribution in [2.75, 3.05) is 4.72 Å². The number of nitrogens with zero attached hydrogens (tertiary/aromatic N) is 1. The van der Waals surface area contributed by atoms with Crippen LogP contribution in [0.15, 0.2) is 39.8 Å². The molecule has 1 amide bonds. The minimum Gasteiger partial charge on any atom is -0.360 e. The van der Waals surface area contributed by atoms with Crippen molar-refractivity contribution < 1.29 is 17.7 Å². The van der Waals surface area contributed by atoms with Gasteiger partial charge in [0, 0.05) is 17.7 Å². The first-order valence-corrected chi connectivity index (χ1v) is 8.67. The maximum absolute atomic E-state index is 12.2. The van der Waals surface area contributed by atoms with E-state index in [1.807, 2.05) is 13.8 Å². The quantitative estimate of drug-likeness (QED) is 0.842. The zero-order valence-corrected chi connectivity index (χ0v) is 14.0. The van der Waals surface area contributed by atoms with E-state index in [0.29, 0.717) is 11.3 Å². The minimum absolute atomic E-state index is 0.0400. The number of amides is 1. The molecule has 0 fully saturated rings. The van der Waals surface area contributed by atoms with E-state index in [1.54, 1.807) is 6.92 Å². The number of nitrogens with one attached hydrogen (secondary N) is 2. The molecule has 2 aromatic rings. The Bertz CT molecular complexity index is 781. The fraction of sp³-hybridized carbons (Fsp3) is 0.333. The topological polar surface area (TPSA) is 101 Å². The molecule has 0 saturated heterocycles. The lowest BCUT2D eigenvalue weighted by atomic mass is 10.2. The molecule has 0 bridgehead atoms. The van der Waals surface area contributed by atoms with Gasteiger partial charge in [-0.2, -0.15) is 0 Å². The number of sulfonamides is 1. The van der Waals surface area contributed by atoms with Gasteiger partial charge in [-0.3, -0.25) is 9.52 Å². The molecular weight excluding hydrogens is 318 g/mol. The van der Waals surface area contributed by atoms with E-state index in [-0.39, 0.29) is 22.7 Å². The highest BCUT2D eigenvalue weighted by Crippen LogP contribution is 2.16. The molecule has 2 N–H and O–H groups in total. The molecule has 1 atom stereocenters. The lowest BCUT2D eigenvalue weighted by Crippen LogP contribution is -2.31. The first-order valence-electron chi connectivity index (χ1n) is 7.19. The van der Waals surface area contributed by atoms with Crippen molar-refractivity contribution in [1.82, 2.24) is 10.5 Å². The highest BCUT2D eigenvalue weighted by molar-refractivity contribution is 7.92. The Morgan fingerprint density at radius 1 is 1.30 bits per heavy atom. The van der Waals surface area contributed by atoms with E-state index in [1.165, 1.54) is 30.3 Å². The summed E-state index contributed by atoms with van der Waals surface area (Å²) in [6, 6.07) is 7.23. The van der Waals surface area contributed by atoms with Crippen molar-refractivity contribution in [2.24, 2.45) is 0 Å². The van der Waals surface area contributed by atoms with Gasteiger partial charge >= 0.3 is 0 Å². The second-order valence-corrected chi connectivity index (χ2v) is 6.92. The molecule has 8 heteroatoms. The Morgan fingerprint density at radius 2 is 1.96 bits per heavy atom. The number of hydrogen-bond acceptors (Lipinski definition) is 5. The fourth-order valence-corrected chi connectivity index (χ4v) is 2.79. The van der Waals surface area contributed by atoms with Crippen molar-refractivity contribution in [1.29, 1.82) is 0 Å². The normalized spacial score (nSPS) is 12.7. The van der Waals surface area contributed by atoms with Crippen molar-refractivity contribution >= 4 is 21.7 Å². The van der Waals surface area contributed by atoms with E-state index in [0.717, 1.165) is 6.42 Å². The number of hydrogen-bond donors (Lipinski definition) is 2. The smallest absolute Gasteiger partial charge is 0.263 e. The molecule has 0 spiro atoms. The van der Waals surface area contributed by atoms with E-state index >= 15 is 0 Å². The zero-order valence-electron chi connectivity index (χ0n) is 13.2. The number of aryl methyl sites for hydroxylation is 1. The summed E-state index contributed by atoms with van der Waals surface area (Å²) in [4.78, 5) is 12.0. The van der Waals surface area contributed by atoms with Crippen LogP contribution < -0.4 is 10.0 Å². The third kappa shape index (κ3) is 4.32. The number of aromatic nitrogens is 1. The van der Waals surface area contributed by atoms with Crippen LogP contribution in [0.5, 0.6) is 0 Å². The van der Waals surface area contributed by atoms with Gasteiger partial charge in [0.25, 0.3) is 15.9 Å². The van der Waals surface area contributed by atoms with Gasteiger partial charge in [0.15, 0.2) is 5.82 Å². The van der Waals surface area contributed by atoms with E-state index in [2.05, 4.69) is 15.2 Å². The molecule has 1 aromatic carbocycles. The first kappa shape index (κ1) is 17.0. The molecule has 2 rings (SSSR count). The monoisotopic (exact) mass is 337 g/mol. The number of benzene rings is 1. The van der Waals surface area contributed by atoms with Crippen LogP contribution in [0.25, 0.3) is 0 Å². The first-order chi connectivity index (χ1) is 10.8. The zero-order chi connectivity index (χ0) is 17.0. The second kappa shape index (κ2) is 6.82. The van der Waals surface area contributed by atoms with E-state index < -0.39 is 10.0 Å². The third-order valence-electron chi connectivity index (χ3n) is 3.28. The predicted molar refractivity (Wildman–Crippen MR) is 85.7 cm³/mol. The molecule has 0 radical (unpaired) electrons. The highest BCUT2D eigenvalue weighted by atomic mass is 32.2. The van der Waals surface area contributed by atoms with Crippen molar-refractivity contribution in [3.63, 3.8) is 0 Å². The van der Waals surface area contributed by atoms with Gasteiger partial charge in [0.05, 0.1) is 4.90 Å². The van der Waals surface area contributed by atoms with E-state index in [9.17, 15) is 13.2 Å². The molecule has 1 heterocycles. The second-order valence-electron chi connectivity index (χ2n) is 5.24. The maximum Gasteiger partial charge on any atom is 0.263 e. The van der Waals surface area contributed by atoms with Crippen molar-refractivity contribution in [2.45, 2.75) is 38.1 Å². The van der Waals surface area contributed by atoms with Crippen molar-refractivity contribution in [3.05, 3.63) is 41.7 Å². The Balaban J connectivity index is 2.13. The van der Waals surface area contributed by atoms with Crippen LogP contribution in [-0.2, 0) is 10.0 Å². The summed E-state index contributed by atoms with van der Waals surface area (Å²) >= 11 is 0. The Morgan fingerprint density at radius 3 is 2.48 bits per heavy atom. The summed E-state index contributed by atoms with van der Waals surface area (Å²) < 4.78 is 31.6. The maximum atomic E-state index is 12.2. The van der Waals surface area contributed by atoms with Gasteiger partial charge in [0.2, 0.25) is 0 Å². The molecule has 0 aliphatic carbocycles. The van der Waals surface area contributed by atoms with Crippen LogP contribution in [-0.4, -0.2) is 25.5 Å². The summed E-state index contributed by atoms with van der Waals surface area (Å²) in [6.45, 7) is 5.54. The lowest BCUT2D eigenvalue weighted by Gasteiger charge is -2.11. The molecular formula is C15H19N3O4S. The van der Waals surface area contributed by atoms with Crippen molar-refractivity contribution in [3.8, 4) is 0 Å². The Hall–Kier alpha value is -2.35. The highest BCUT2D eigenvalue weighted by Gasteiger charge is 2.17. The molecule has 0 aliphatic rings. The van der Waals surface area contributed by atoms with Crippen LogP contribution in [0.1, 0.15) is 36.4 Å². The average Bonchev–Trinajstić information content (AvgIpc) is 2.91. The Kier molecular flexibility index (Phi) is 5.05. The number of anilines is 1. The van der Waals surface area contributed by atoms with E-state index in [4.69, 9.17) is 4.52 Å². The van der Waals surface area contributed by atoms with Gasteiger partial charge in [-0.25, -0.2) is 8.42 Å². The van der Waals surface area contributed by atoms with Gasteiger partial charge in [0.1, 0.15) is 5.76 Å². The molecule has 0 saturated carbocycles. The van der Waals surface area contributed by atoms with Crippen LogP contribution in [0.3, 0.4) is 0 Å². The average molecular weight is 337 g/mol. The third-order valence-corrected chi connectivity index (χ3v) is 4.65. The number of carbonyl (C=O) groups is 1. The molecule has 23 heavy (non-hydrogen) atoms. The predicted octanol–water partition coefficient (Wildman–Crippen LogP) is 2.31. The van der Waals surface area contributed by atoms with Crippen LogP contribution >= 0.6 is 0 Å². The number of rotatable bonds is 6. The molecule has 124 valence electrons. The number of carbonyl (C=O) groups excluding carboxylic acids is 1. The SMILES string of the molecule is CCC(C)NC(=O)c1ccc(S(=O)(=O)Nc2cc(C)on2)cc1. The fourth-order valence-electron chi connectivity index (χ4n) is 1.81. The van der Waals surface area contributed by atoms with Gasteiger partial charge in [-0.05, 0) is 44.5 Å². The molecule has 1 unspecified atom stereocenters. The summed E-state index contributed by atoms with van der Waals surface area (Å²) in [7, 11) is -3.77. The largest absolute Gasteiger partial charge is 0.360 e. The minimum atomic E-state index is -3.77. The summed E-state index contributed by atoms with van der Waals surface area (Å²) in [5.41, 5.74) is 0.404. The van der Waals surface area contributed by atoms with Gasteiger partial charge in [-0.15, -0.1) is 0 Å². The van der Waals surface area contributed by atoms with Crippen LogP contribution in [0, 0.1) is 6.92 Å². The molecule has 0 aliphatic heterocycles. The summed E-state index contributed by atoms with van der Waals surface area (Å²) in [6.07, 6.45) is 0.819. The van der Waals surface area contributed by atoms with Gasteiger partial charge < -0.3 is 9.84 Å². The standard InChI is InChI=1S/C15H19N3O4S/c1-4-10(2)16-15(19)12-5-7-13(8-6-12)23(20,21)18-14-9-11(3)22-17-14/h5-10H,4H2,1-3H3,(H,16,19)(H,17,18). The molecule has 7 nitrogen and oxygen atoms in total. The van der Waals surface area contributed by atoms with Crippen LogP contribution in [0.2, 0.25) is 0 Å². The lowest BCUT2D eigenvalue weighted by molar-refractivity contribution is 0.0939. The summed E-state index contributed by atoms with van der Waals surface area (Å²) in [5, 5.41) is 6.41. The van der Waals surface area contributed by atoms with Gasteiger partial charge in [-0.1, -0.05) is 12.1 Å².